The van der Waals surface area contributed by atoms with Gasteiger partial charge in [-0.1, -0.05) is 60.7 Å². The maximum atomic E-state index is 4.50. The molecule has 0 saturated carbocycles. The molecule has 4 heteroatoms. The van der Waals surface area contributed by atoms with Crippen LogP contribution < -0.4 is 5.43 Å². The molecule has 5 aromatic rings. The molecule has 27 heavy (non-hydrogen) atoms. The van der Waals surface area contributed by atoms with Gasteiger partial charge in [-0.05, 0) is 46.2 Å². The van der Waals surface area contributed by atoms with E-state index < -0.39 is 0 Å². The van der Waals surface area contributed by atoms with Gasteiger partial charge in [-0.15, -0.1) is 0 Å². The topological polar surface area (TPSA) is 53.1 Å². The Bertz CT molecular complexity index is 1220. The van der Waals surface area contributed by atoms with Crippen molar-refractivity contribution >= 4 is 44.7 Å². The molecule has 0 aliphatic carbocycles. The molecule has 0 atom stereocenters. The molecule has 0 amide bonds. The molecule has 0 fully saturated rings. The highest BCUT2D eigenvalue weighted by Crippen LogP contribution is 2.31. The largest absolute Gasteiger partial charge is 0.323 e. The van der Waals surface area contributed by atoms with E-state index in [1.807, 2.05) is 30.5 Å². The minimum absolute atomic E-state index is 0.633. The maximum absolute atomic E-state index is 4.50. The quantitative estimate of drug-likeness (QED) is 0.252. The molecule has 1 aromatic heterocycles. The Kier molecular flexibility index (Phi) is 3.61. The van der Waals surface area contributed by atoms with E-state index in [2.05, 4.69) is 75.9 Å². The fraction of sp³-hybridized carbons (Fsp3) is 0.0435. The first-order valence-electron chi connectivity index (χ1n) is 8.95. The summed E-state index contributed by atoms with van der Waals surface area (Å²) in [5.74, 6) is 0.633. The monoisotopic (exact) mass is 350 g/mol. The first-order chi connectivity index (χ1) is 13.3. The predicted molar refractivity (Wildman–Crippen MR) is 114 cm³/mol. The van der Waals surface area contributed by atoms with Gasteiger partial charge in [0.25, 0.3) is 0 Å². The smallest absolute Gasteiger partial charge is 0.222 e. The minimum atomic E-state index is 0.633. The number of anilines is 1. The molecule has 4 aromatic carbocycles. The third-order valence-corrected chi connectivity index (χ3v) is 5.00. The van der Waals surface area contributed by atoms with Crippen molar-refractivity contribution in [1.29, 1.82) is 0 Å². The van der Waals surface area contributed by atoms with Crippen LogP contribution in [0.2, 0.25) is 0 Å². The lowest BCUT2D eigenvalue weighted by molar-refractivity contribution is 1.22. The lowest BCUT2D eigenvalue weighted by atomic mass is 9.93. The summed E-state index contributed by atoms with van der Waals surface area (Å²) in [6, 6.07) is 24.9. The van der Waals surface area contributed by atoms with Crippen molar-refractivity contribution < 1.29 is 0 Å². The fourth-order valence-electron chi connectivity index (χ4n) is 3.68. The SMILES string of the molecule is Cc1c2ccccc2c(/C=N/Nc2nc3ccccc3[nH]2)c2ccccc12. The number of rotatable bonds is 3. The second-order valence-electron chi connectivity index (χ2n) is 6.60. The van der Waals surface area contributed by atoms with E-state index in [1.165, 1.54) is 27.1 Å². The molecule has 0 aliphatic heterocycles. The summed E-state index contributed by atoms with van der Waals surface area (Å²) < 4.78 is 0. The van der Waals surface area contributed by atoms with Gasteiger partial charge in [0.05, 0.1) is 17.2 Å². The molecule has 0 unspecified atom stereocenters. The molecule has 0 aliphatic rings. The number of hydrogen-bond acceptors (Lipinski definition) is 3. The van der Waals surface area contributed by atoms with Crippen LogP contribution in [0.15, 0.2) is 77.9 Å². The van der Waals surface area contributed by atoms with E-state index in [0.29, 0.717) is 5.95 Å². The van der Waals surface area contributed by atoms with E-state index in [-0.39, 0.29) is 0 Å². The fourth-order valence-corrected chi connectivity index (χ4v) is 3.68. The molecule has 2 N–H and O–H groups in total. The van der Waals surface area contributed by atoms with E-state index in [9.17, 15) is 0 Å². The number of nitrogens with one attached hydrogen (secondary N) is 2. The summed E-state index contributed by atoms with van der Waals surface area (Å²) in [6.45, 7) is 2.18. The van der Waals surface area contributed by atoms with Gasteiger partial charge in [0.1, 0.15) is 0 Å². The molecule has 0 spiro atoms. The summed E-state index contributed by atoms with van der Waals surface area (Å²) in [7, 11) is 0. The molecule has 0 bridgehead atoms. The van der Waals surface area contributed by atoms with Crippen molar-refractivity contribution in [3.05, 3.63) is 83.9 Å². The van der Waals surface area contributed by atoms with Crippen LogP contribution >= 0.6 is 0 Å². The van der Waals surface area contributed by atoms with Crippen LogP contribution in [-0.4, -0.2) is 16.2 Å². The van der Waals surface area contributed by atoms with Gasteiger partial charge in [0, 0.05) is 5.56 Å². The highest BCUT2D eigenvalue weighted by molar-refractivity contribution is 6.15. The van der Waals surface area contributed by atoms with Crippen molar-refractivity contribution in [3.8, 4) is 0 Å². The zero-order chi connectivity index (χ0) is 18.2. The van der Waals surface area contributed by atoms with Crippen molar-refractivity contribution in [2.45, 2.75) is 6.92 Å². The summed E-state index contributed by atoms with van der Waals surface area (Å²) >= 11 is 0. The van der Waals surface area contributed by atoms with Crippen LogP contribution in [0.1, 0.15) is 11.1 Å². The zero-order valence-electron chi connectivity index (χ0n) is 14.9. The predicted octanol–water partition coefficient (Wildman–Crippen LogP) is 5.62. The number of hydrazone groups is 1. The van der Waals surface area contributed by atoms with Gasteiger partial charge >= 0.3 is 0 Å². The highest BCUT2D eigenvalue weighted by atomic mass is 15.3. The number of fused-ring (bicyclic) bond motifs is 3. The third-order valence-electron chi connectivity index (χ3n) is 5.00. The summed E-state index contributed by atoms with van der Waals surface area (Å²) in [5, 5.41) is 9.37. The number of aromatic nitrogens is 2. The van der Waals surface area contributed by atoms with Gasteiger partial charge in [-0.2, -0.15) is 5.10 Å². The minimum Gasteiger partial charge on any atom is -0.323 e. The van der Waals surface area contributed by atoms with Gasteiger partial charge in [0.15, 0.2) is 0 Å². The van der Waals surface area contributed by atoms with E-state index in [4.69, 9.17) is 0 Å². The molecular weight excluding hydrogens is 332 g/mol. The van der Waals surface area contributed by atoms with Gasteiger partial charge < -0.3 is 4.98 Å². The van der Waals surface area contributed by atoms with Crippen molar-refractivity contribution in [1.82, 2.24) is 9.97 Å². The second kappa shape index (κ2) is 6.25. The van der Waals surface area contributed by atoms with Crippen LogP contribution in [-0.2, 0) is 0 Å². The molecule has 0 radical (unpaired) electrons. The summed E-state index contributed by atoms with van der Waals surface area (Å²) in [5.41, 5.74) is 7.34. The number of aromatic amines is 1. The Morgan fingerprint density at radius 2 is 1.41 bits per heavy atom. The number of para-hydroxylation sites is 2. The van der Waals surface area contributed by atoms with Crippen molar-refractivity contribution in [2.24, 2.45) is 5.10 Å². The average Bonchev–Trinajstić information content (AvgIpc) is 3.13. The molecule has 0 saturated heterocycles. The highest BCUT2D eigenvalue weighted by Gasteiger charge is 2.09. The second-order valence-corrected chi connectivity index (χ2v) is 6.60. The summed E-state index contributed by atoms with van der Waals surface area (Å²) in [4.78, 5) is 7.73. The van der Waals surface area contributed by atoms with Gasteiger partial charge in [-0.25, -0.2) is 10.4 Å². The Labute approximate surface area is 156 Å². The van der Waals surface area contributed by atoms with Gasteiger partial charge in [0.2, 0.25) is 5.95 Å². The lowest BCUT2D eigenvalue weighted by Gasteiger charge is -2.11. The number of benzene rings is 4. The van der Waals surface area contributed by atoms with Crippen LogP contribution in [0, 0.1) is 6.92 Å². The normalized spacial score (nSPS) is 11.7. The van der Waals surface area contributed by atoms with Crippen LogP contribution in [0.4, 0.5) is 5.95 Å². The Morgan fingerprint density at radius 1 is 0.815 bits per heavy atom. The maximum Gasteiger partial charge on any atom is 0.222 e. The van der Waals surface area contributed by atoms with Crippen LogP contribution in [0.5, 0.6) is 0 Å². The zero-order valence-corrected chi connectivity index (χ0v) is 14.9. The van der Waals surface area contributed by atoms with Crippen LogP contribution in [0.25, 0.3) is 32.6 Å². The molecule has 5 rings (SSSR count). The van der Waals surface area contributed by atoms with Crippen molar-refractivity contribution in [2.75, 3.05) is 5.43 Å². The molecule has 1 heterocycles. The summed E-state index contributed by atoms with van der Waals surface area (Å²) in [6.07, 6.45) is 1.89. The van der Waals surface area contributed by atoms with E-state index >= 15 is 0 Å². The Balaban J connectivity index is 1.60. The van der Waals surface area contributed by atoms with Gasteiger partial charge in [-0.3, -0.25) is 0 Å². The Morgan fingerprint density at radius 3 is 2.07 bits per heavy atom. The number of H-pyrrole nitrogens is 1. The lowest BCUT2D eigenvalue weighted by Crippen LogP contribution is -1.95. The molecule has 130 valence electrons. The van der Waals surface area contributed by atoms with Crippen LogP contribution in [0.3, 0.4) is 0 Å². The average molecular weight is 350 g/mol. The Hall–Kier alpha value is -3.66. The first-order valence-corrected chi connectivity index (χ1v) is 8.95. The first kappa shape index (κ1) is 15.6. The number of nitrogens with zero attached hydrogens (tertiary/aromatic N) is 2. The third kappa shape index (κ3) is 2.62. The number of hydrogen-bond donors (Lipinski definition) is 2. The number of imidazole rings is 1. The molecule has 4 nitrogen and oxygen atoms in total. The number of aryl methyl sites for hydroxylation is 1. The van der Waals surface area contributed by atoms with E-state index in [1.54, 1.807) is 0 Å². The van der Waals surface area contributed by atoms with Crippen molar-refractivity contribution in [3.63, 3.8) is 0 Å². The molecular formula is C23H18N4. The standard InChI is InChI=1S/C23H18N4/c1-15-16-8-2-4-10-18(16)20(19-11-5-3-9-17(15)19)14-24-27-23-25-21-12-6-7-13-22(21)26-23/h2-14H,1H3,(H2,25,26,27)/b24-14+. The van der Waals surface area contributed by atoms with E-state index in [0.717, 1.165) is 16.6 Å².